The second kappa shape index (κ2) is 5.84. The van der Waals surface area contributed by atoms with E-state index in [0.29, 0.717) is 5.13 Å². The largest absolute Gasteiger partial charge is 0.375 e. The van der Waals surface area contributed by atoms with Crippen LogP contribution in [0, 0.1) is 6.92 Å². The Bertz CT molecular complexity index is 746. The molecule has 108 valence electrons. The second-order valence-corrected chi connectivity index (χ2v) is 6.57. The van der Waals surface area contributed by atoms with Crippen LogP contribution in [-0.4, -0.2) is 16.9 Å². The molecule has 0 aliphatic rings. The number of nitrogen functional groups attached to an aromatic ring is 1. The summed E-state index contributed by atoms with van der Waals surface area (Å²) in [4.78, 5) is 6.61. The molecule has 0 atom stereocenters. The lowest BCUT2D eigenvalue weighted by Gasteiger charge is -2.17. The number of thiazole rings is 1. The van der Waals surface area contributed by atoms with E-state index >= 15 is 0 Å². The summed E-state index contributed by atoms with van der Waals surface area (Å²) in [5.41, 5.74) is 10.7. The lowest BCUT2D eigenvalue weighted by Crippen LogP contribution is -2.17. The molecule has 3 rings (SSSR count). The van der Waals surface area contributed by atoms with Crippen molar-refractivity contribution in [2.24, 2.45) is 0 Å². The van der Waals surface area contributed by atoms with E-state index in [2.05, 4.69) is 66.3 Å². The molecule has 3 aromatic rings. The Hall–Kier alpha value is -1.91. The molecule has 0 unspecified atom stereocenters. The second-order valence-electron chi connectivity index (χ2n) is 5.51. The maximum Gasteiger partial charge on any atom is 0.181 e. The van der Waals surface area contributed by atoms with E-state index in [0.717, 1.165) is 23.3 Å². The number of nitrogens with two attached hydrogens (primary N) is 1. The Labute approximate surface area is 129 Å². The van der Waals surface area contributed by atoms with E-state index in [1.807, 2.05) is 0 Å². The van der Waals surface area contributed by atoms with Gasteiger partial charge in [-0.2, -0.15) is 0 Å². The molecule has 21 heavy (non-hydrogen) atoms. The van der Waals surface area contributed by atoms with Gasteiger partial charge in [0.2, 0.25) is 0 Å². The van der Waals surface area contributed by atoms with Gasteiger partial charge in [-0.25, -0.2) is 4.98 Å². The van der Waals surface area contributed by atoms with E-state index in [-0.39, 0.29) is 0 Å². The van der Waals surface area contributed by atoms with Gasteiger partial charge in [0.15, 0.2) is 5.13 Å². The SMILES string of the molecule is Cc1ccc(CN(C)Cc2ccc3nc(N)sc3c2)cc1. The van der Waals surface area contributed by atoms with Crippen LogP contribution in [0.4, 0.5) is 5.13 Å². The first-order valence-electron chi connectivity index (χ1n) is 6.99. The van der Waals surface area contributed by atoms with Crippen LogP contribution in [0.5, 0.6) is 0 Å². The molecule has 0 fully saturated rings. The first-order valence-corrected chi connectivity index (χ1v) is 7.81. The number of fused-ring (bicyclic) bond motifs is 1. The van der Waals surface area contributed by atoms with E-state index in [1.165, 1.54) is 16.7 Å². The minimum Gasteiger partial charge on any atom is -0.375 e. The molecule has 3 nitrogen and oxygen atoms in total. The Kier molecular flexibility index (Phi) is 3.90. The molecule has 0 radical (unpaired) electrons. The number of anilines is 1. The van der Waals surface area contributed by atoms with Crippen molar-refractivity contribution in [1.82, 2.24) is 9.88 Å². The standard InChI is InChI=1S/C17H19N3S/c1-12-3-5-13(6-4-12)10-20(2)11-14-7-8-15-16(9-14)21-17(18)19-15/h3-9H,10-11H2,1-2H3,(H2,18,19). The summed E-state index contributed by atoms with van der Waals surface area (Å²) in [7, 11) is 2.14. The predicted molar refractivity (Wildman–Crippen MR) is 90.4 cm³/mol. The molecule has 2 aromatic carbocycles. The average molecular weight is 297 g/mol. The predicted octanol–water partition coefficient (Wildman–Crippen LogP) is 3.82. The molecular formula is C17H19N3S. The van der Waals surface area contributed by atoms with Crippen molar-refractivity contribution in [3.8, 4) is 0 Å². The molecule has 0 aliphatic carbocycles. The van der Waals surface area contributed by atoms with E-state index in [9.17, 15) is 0 Å². The number of rotatable bonds is 4. The Balaban J connectivity index is 1.70. The van der Waals surface area contributed by atoms with Crippen molar-refractivity contribution in [2.45, 2.75) is 20.0 Å². The molecule has 0 saturated carbocycles. The number of hydrogen-bond acceptors (Lipinski definition) is 4. The van der Waals surface area contributed by atoms with Crippen molar-refractivity contribution < 1.29 is 0 Å². The monoisotopic (exact) mass is 297 g/mol. The Morgan fingerprint density at radius 3 is 2.48 bits per heavy atom. The summed E-state index contributed by atoms with van der Waals surface area (Å²) in [5, 5.41) is 0.634. The van der Waals surface area contributed by atoms with Crippen LogP contribution in [0.3, 0.4) is 0 Å². The molecule has 4 heteroatoms. The summed E-state index contributed by atoms with van der Waals surface area (Å²) >= 11 is 1.55. The maximum absolute atomic E-state index is 5.75. The lowest BCUT2D eigenvalue weighted by molar-refractivity contribution is 0.319. The fraction of sp³-hybridized carbons (Fsp3) is 0.235. The van der Waals surface area contributed by atoms with Crippen LogP contribution in [0.1, 0.15) is 16.7 Å². The number of aryl methyl sites for hydroxylation is 1. The Morgan fingerprint density at radius 2 is 1.71 bits per heavy atom. The third-order valence-corrected chi connectivity index (χ3v) is 4.34. The van der Waals surface area contributed by atoms with Gasteiger partial charge in [-0.1, -0.05) is 47.2 Å². The molecule has 1 aromatic heterocycles. The van der Waals surface area contributed by atoms with Crippen LogP contribution < -0.4 is 5.73 Å². The Morgan fingerprint density at radius 1 is 1.05 bits per heavy atom. The molecule has 0 amide bonds. The quantitative estimate of drug-likeness (QED) is 0.796. The van der Waals surface area contributed by atoms with Gasteiger partial charge in [0, 0.05) is 13.1 Å². The summed E-state index contributed by atoms with van der Waals surface area (Å²) in [6.07, 6.45) is 0. The van der Waals surface area contributed by atoms with Crippen molar-refractivity contribution >= 4 is 26.7 Å². The van der Waals surface area contributed by atoms with Gasteiger partial charge >= 0.3 is 0 Å². The van der Waals surface area contributed by atoms with Crippen LogP contribution in [0.25, 0.3) is 10.2 Å². The van der Waals surface area contributed by atoms with E-state index < -0.39 is 0 Å². The van der Waals surface area contributed by atoms with Gasteiger partial charge in [0.25, 0.3) is 0 Å². The van der Waals surface area contributed by atoms with Gasteiger partial charge in [-0.05, 0) is 37.2 Å². The van der Waals surface area contributed by atoms with Crippen LogP contribution in [0.2, 0.25) is 0 Å². The third-order valence-electron chi connectivity index (χ3n) is 3.49. The van der Waals surface area contributed by atoms with Gasteiger partial charge in [-0.3, -0.25) is 4.90 Å². The van der Waals surface area contributed by atoms with Gasteiger partial charge in [0.1, 0.15) is 0 Å². The van der Waals surface area contributed by atoms with Crippen LogP contribution in [0.15, 0.2) is 42.5 Å². The number of benzene rings is 2. The first-order chi connectivity index (χ1) is 10.1. The smallest absolute Gasteiger partial charge is 0.181 e. The van der Waals surface area contributed by atoms with E-state index in [4.69, 9.17) is 5.73 Å². The fourth-order valence-electron chi connectivity index (χ4n) is 2.46. The zero-order valence-electron chi connectivity index (χ0n) is 12.3. The number of hydrogen-bond donors (Lipinski definition) is 1. The summed E-state index contributed by atoms with van der Waals surface area (Å²) in [6, 6.07) is 15.1. The van der Waals surface area contributed by atoms with Gasteiger partial charge in [-0.15, -0.1) is 0 Å². The molecule has 0 spiro atoms. The highest BCUT2D eigenvalue weighted by atomic mass is 32.1. The topological polar surface area (TPSA) is 42.2 Å². The highest BCUT2D eigenvalue weighted by molar-refractivity contribution is 7.22. The molecule has 1 heterocycles. The van der Waals surface area contributed by atoms with Crippen molar-refractivity contribution in [3.05, 3.63) is 59.2 Å². The van der Waals surface area contributed by atoms with Crippen LogP contribution in [-0.2, 0) is 13.1 Å². The molecule has 0 saturated heterocycles. The van der Waals surface area contributed by atoms with Crippen LogP contribution >= 0.6 is 11.3 Å². The van der Waals surface area contributed by atoms with Crippen molar-refractivity contribution in [1.29, 1.82) is 0 Å². The number of aromatic nitrogens is 1. The lowest BCUT2D eigenvalue weighted by atomic mass is 10.1. The third kappa shape index (κ3) is 3.40. The normalized spacial score (nSPS) is 11.4. The summed E-state index contributed by atoms with van der Waals surface area (Å²) in [5.74, 6) is 0. The molecule has 0 bridgehead atoms. The molecular weight excluding hydrogens is 278 g/mol. The zero-order valence-corrected chi connectivity index (χ0v) is 13.2. The minimum absolute atomic E-state index is 0.634. The van der Waals surface area contributed by atoms with E-state index in [1.54, 1.807) is 11.3 Å². The highest BCUT2D eigenvalue weighted by Gasteiger charge is 2.05. The fourth-order valence-corrected chi connectivity index (χ4v) is 3.26. The van der Waals surface area contributed by atoms with Gasteiger partial charge in [0.05, 0.1) is 10.2 Å². The van der Waals surface area contributed by atoms with Crippen molar-refractivity contribution in [2.75, 3.05) is 12.8 Å². The summed E-state index contributed by atoms with van der Waals surface area (Å²) < 4.78 is 1.16. The maximum atomic E-state index is 5.75. The number of nitrogens with zero attached hydrogens (tertiary/aromatic N) is 2. The molecule has 0 aliphatic heterocycles. The highest BCUT2D eigenvalue weighted by Crippen LogP contribution is 2.25. The molecule has 2 N–H and O–H groups in total. The summed E-state index contributed by atoms with van der Waals surface area (Å²) in [6.45, 7) is 3.98. The first kappa shape index (κ1) is 14.0. The van der Waals surface area contributed by atoms with Gasteiger partial charge < -0.3 is 5.73 Å². The zero-order chi connectivity index (χ0) is 14.8. The van der Waals surface area contributed by atoms with Crippen molar-refractivity contribution in [3.63, 3.8) is 0 Å². The minimum atomic E-state index is 0.634. The average Bonchev–Trinajstić information content (AvgIpc) is 2.80.